The summed E-state index contributed by atoms with van der Waals surface area (Å²) in [5, 5.41) is 2.92. The Morgan fingerprint density at radius 3 is 2.43 bits per heavy atom. The van der Waals surface area contributed by atoms with Gasteiger partial charge in [-0.2, -0.15) is 0 Å². The summed E-state index contributed by atoms with van der Waals surface area (Å²) in [6.07, 6.45) is 0. The van der Waals surface area contributed by atoms with Crippen LogP contribution in [-0.2, 0) is 6.61 Å². The van der Waals surface area contributed by atoms with Gasteiger partial charge in [-0.15, -0.1) is 0 Å². The minimum atomic E-state index is -0.0904. The Balaban J connectivity index is 2.04. The summed E-state index contributed by atoms with van der Waals surface area (Å²) in [5.74, 6) is 0.946. The van der Waals surface area contributed by atoms with Crippen LogP contribution in [0.4, 0.5) is 0 Å². The molecule has 0 atom stereocenters. The van der Waals surface area contributed by atoms with Crippen molar-refractivity contribution in [3.63, 3.8) is 0 Å². The van der Waals surface area contributed by atoms with Crippen LogP contribution in [0, 0.1) is 5.92 Å². The highest BCUT2D eigenvalue weighted by Crippen LogP contribution is 2.19. The van der Waals surface area contributed by atoms with E-state index in [-0.39, 0.29) is 5.91 Å². The minimum Gasteiger partial charge on any atom is -0.488 e. The highest BCUT2D eigenvalue weighted by atomic mass is 16.5. The summed E-state index contributed by atoms with van der Waals surface area (Å²) < 4.78 is 5.79. The standard InChI is InChI=1S/C18H21NO2/c1-14(2)12-19-18(20)16-10-6-7-11-17(16)21-13-15-8-4-3-5-9-15/h3-11,14H,12-13H2,1-2H3,(H,19,20). The molecule has 3 heteroatoms. The molecular weight excluding hydrogens is 262 g/mol. The van der Waals surface area contributed by atoms with Crippen LogP contribution in [0.15, 0.2) is 54.6 Å². The summed E-state index contributed by atoms with van der Waals surface area (Å²) in [4.78, 5) is 12.2. The van der Waals surface area contributed by atoms with Gasteiger partial charge in [-0.1, -0.05) is 56.3 Å². The molecule has 3 nitrogen and oxygen atoms in total. The SMILES string of the molecule is CC(C)CNC(=O)c1ccccc1OCc1ccccc1. The lowest BCUT2D eigenvalue weighted by molar-refractivity contribution is 0.0944. The van der Waals surface area contributed by atoms with Crippen molar-refractivity contribution in [1.29, 1.82) is 0 Å². The maximum Gasteiger partial charge on any atom is 0.255 e. The maximum absolute atomic E-state index is 12.2. The third kappa shape index (κ3) is 4.63. The highest BCUT2D eigenvalue weighted by molar-refractivity contribution is 5.96. The lowest BCUT2D eigenvalue weighted by Gasteiger charge is -2.12. The molecule has 0 saturated carbocycles. The van der Waals surface area contributed by atoms with Crippen molar-refractivity contribution in [1.82, 2.24) is 5.32 Å². The highest BCUT2D eigenvalue weighted by Gasteiger charge is 2.12. The molecule has 0 bridgehead atoms. The predicted octanol–water partition coefficient (Wildman–Crippen LogP) is 3.65. The Morgan fingerprint density at radius 1 is 1.05 bits per heavy atom. The average Bonchev–Trinajstić information content (AvgIpc) is 2.52. The second kappa shape index (κ2) is 7.48. The Bertz CT molecular complexity index is 579. The van der Waals surface area contributed by atoms with Gasteiger partial charge in [0.25, 0.3) is 5.91 Å². The number of benzene rings is 2. The third-order valence-electron chi connectivity index (χ3n) is 3.04. The second-order valence-electron chi connectivity index (χ2n) is 5.37. The van der Waals surface area contributed by atoms with Gasteiger partial charge in [-0.05, 0) is 23.6 Å². The molecule has 110 valence electrons. The van der Waals surface area contributed by atoms with Crippen molar-refractivity contribution < 1.29 is 9.53 Å². The van der Waals surface area contributed by atoms with Crippen molar-refractivity contribution in [3.05, 3.63) is 65.7 Å². The first-order valence-corrected chi connectivity index (χ1v) is 7.21. The van der Waals surface area contributed by atoms with Gasteiger partial charge in [0.15, 0.2) is 0 Å². The summed E-state index contributed by atoms with van der Waals surface area (Å²) in [7, 11) is 0. The number of rotatable bonds is 6. The summed E-state index contributed by atoms with van der Waals surface area (Å²) in [6, 6.07) is 17.3. The quantitative estimate of drug-likeness (QED) is 0.878. The molecule has 0 saturated heterocycles. The van der Waals surface area contributed by atoms with E-state index >= 15 is 0 Å². The van der Waals surface area contributed by atoms with Gasteiger partial charge in [-0.25, -0.2) is 0 Å². The summed E-state index contributed by atoms with van der Waals surface area (Å²) >= 11 is 0. The van der Waals surface area contributed by atoms with Crippen LogP contribution in [0.3, 0.4) is 0 Å². The van der Waals surface area contributed by atoms with Gasteiger partial charge in [0, 0.05) is 6.54 Å². The van der Waals surface area contributed by atoms with Gasteiger partial charge in [0.2, 0.25) is 0 Å². The zero-order chi connectivity index (χ0) is 15.1. The van der Waals surface area contributed by atoms with Gasteiger partial charge in [-0.3, -0.25) is 4.79 Å². The van der Waals surface area contributed by atoms with E-state index in [0.717, 1.165) is 5.56 Å². The average molecular weight is 283 g/mol. The lowest BCUT2D eigenvalue weighted by Crippen LogP contribution is -2.27. The van der Waals surface area contributed by atoms with Crippen LogP contribution in [0.2, 0.25) is 0 Å². The fourth-order valence-corrected chi connectivity index (χ4v) is 1.91. The van der Waals surface area contributed by atoms with Gasteiger partial charge in [0.05, 0.1) is 5.56 Å². The van der Waals surface area contributed by atoms with Crippen molar-refractivity contribution in [2.24, 2.45) is 5.92 Å². The van der Waals surface area contributed by atoms with Crippen LogP contribution in [0.25, 0.3) is 0 Å². The van der Waals surface area contributed by atoms with Gasteiger partial charge >= 0.3 is 0 Å². The number of hydrogen-bond acceptors (Lipinski definition) is 2. The first-order valence-electron chi connectivity index (χ1n) is 7.21. The number of nitrogens with one attached hydrogen (secondary N) is 1. The molecule has 0 aliphatic rings. The molecule has 21 heavy (non-hydrogen) atoms. The topological polar surface area (TPSA) is 38.3 Å². The molecular formula is C18H21NO2. The fraction of sp³-hybridized carbons (Fsp3) is 0.278. The van der Waals surface area contributed by atoms with E-state index in [1.54, 1.807) is 6.07 Å². The van der Waals surface area contributed by atoms with E-state index in [1.807, 2.05) is 48.5 Å². The Hall–Kier alpha value is -2.29. The largest absolute Gasteiger partial charge is 0.488 e. The molecule has 0 aliphatic carbocycles. The van der Waals surface area contributed by atoms with E-state index in [0.29, 0.717) is 30.4 Å². The van der Waals surface area contributed by atoms with Gasteiger partial charge in [0.1, 0.15) is 12.4 Å². The number of hydrogen-bond donors (Lipinski definition) is 1. The predicted molar refractivity (Wildman–Crippen MR) is 84.4 cm³/mol. The molecule has 2 aromatic carbocycles. The molecule has 0 heterocycles. The Kier molecular flexibility index (Phi) is 5.38. The van der Waals surface area contributed by atoms with E-state index in [1.165, 1.54) is 0 Å². The number of ether oxygens (including phenoxy) is 1. The zero-order valence-corrected chi connectivity index (χ0v) is 12.5. The molecule has 0 radical (unpaired) electrons. The van der Waals surface area contributed by atoms with Crippen molar-refractivity contribution in [3.8, 4) is 5.75 Å². The van der Waals surface area contributed by atoms with Crippen LogP contribution < -0.4 is 10.1 Å². The Morgan fingerprint density at radius 2 is 1.71 bits per heavy atom. The number of para-hydroxylation sites is 1. The monoisotopic (exact) mass is 283 g/mol. The fourth-order valence-electron chi connectivity index (χ4n) is 1.91. The lowest BCUT2D eigenvalue weighted by atomic mass is 10.1. The minimum absolute atomic E-state index is 0.0904. The van der Waals surface area contributed by atoms with Crippen LogP contribution in [-0.4, -0.2) is 12.5 Å². The molecule has 0 unspecified atom stereocenters. The van der Waals surface area contributed by atoms with Crippen LogP contribution in [0.5, 0.6) is 5.75 Å². The maximum atomic E-state index is 12.2. The molecule has 2 aromatic rings. The van der Waals surface area contributed by atoms with Gasteiger partial charge < -0.3 is 10.1 Å². The third-order valence-corrected chi connectivity index (χ3v) is 3.04. The van der Waals surface area contributed by atoms with E-state index in [4.69, 9.17) is 4.74 Å². The zero-order valence-electron chi connectivity index (χ0n) is 12.5. The summed E-state index contributed by atoms with van der Waals surface area (Å²) in [5.41, 5.74) is 1.66. The second-order valence-corrected chi connectivity index (χ2v) is 5.37. The normalized spacial score (nSPS) is 10.4. The van der Waals surface area contributed by atoms with E-state index < -0.39 is 0 Å². The van der Waals surface area contributed by atoms with E-state index in [9.17, 15) is 4.79 Å². The van der Waals surface area contributed by atoms with Crippen molar-refractivity contribution in [2.45, 2.75) is 20.5 Å². The number of carbonyl (C=O) groups is 1. The first kappa shape index (κ1) is 15.1. The summed E-state index contributed by atoms with van der Waals surface area (Å²) in [6.45, 7) is 5.25. The molecule has 2 rings (SSSR count). The van der Waals surface area contributed by atoms with Crippen molar-refractivity contribution >= 4 is 5.91 Å². The number of amides is 1. The number of carbonyl (C=O) groups excluding carboxylic acids is 1. The first-order chi connectivity index (χ1) is 10.2. The molecule has 0 aromatic heterocycles. The van der Waals surface area contributed by atoms with Crippen LogP contribution in [0.1, 0.15) is 29.8 Å². The molecule has 0 fully saturated rings. The molecule has 1 N–H and O–H groups in total. The Labute approximate surface area is 126 Å². The van der Waals surface area contributed by atoms with Crippen molar-refractivity contribution in [2.75, 3.05) is 6.54 Å². The molecule has 0 aliphatic heterocycles. The van der Waals surface area contributed by atoms with Crippen LogP contribution >= 0.6 is 0 Å². The molecule has 0 spiro atoms. The smallest absolute Gasteiger partial charge is 0.255 e. The molecule has 1 amide bonds. The van der Waals surface area contributed by atoms with E-state index in [2.05, 4.69) is 19.2 Å².